The Bertz CT molecular complexity index is 778. The highest BCUT2D eigenvalue weighted by Crippen LogP contribution is 2.26. The average molecular weight is 421 g/mol. The summed E-state index contributed by atoms with van der Waals surface area (Å²) < 4.78 is 11.9. The van der Waals surface area contributed by atoms with Crippen molar-refractivity contribution in [2.45, 2.75) is 43.5 Å². The highest BCUT2D eigenvalue weighted by Gasteiger charge is 2.28. The Labute approximate surface area is 176 Å². The summed E-state index contributed by atoms with van der Waals surface area (Å²) in [6, 6.07) is 12.5. The van der Waals surface area contributed by atoms with Gasteiger partial charge in [-0.25, -0.2) is 0 Å². The molecule has 5 nitrogen and oxygen atoms in total. The number of likely N-dealkylation sites (tertiary alicyclic amines) is 1. The summed E-state index contributed by atoms with van der Waals surface area (Å²) >= 11 is 0. The maximum absolute atomic E-state index is 11.9. The standard InChI is InChI=1S/C21H28N4OS.ClH/c1-2-27(26)19-9-7-17(8-10-19)20-11-12-21(23-22-20)25-15-5-6-18(25)16-24-13-3-4-14-24;/h7-12,18H,2-6,13-16H2,1H3;1H/t18-,27?;/m0./s1. The molecule has 0 amide bonds. The van der Waals surface area contributed by atoms with E-state index >= 15 is 0 Å². The van der Waals surface area contributed by atoms with Gasteiger partial charge in [0.25, 0.3) is 0 Å². The molecule has 2 fully saturated rings. The Morgan fingerprint density at radius 2 is 1.75 bits per heavy atom. The summed E-state index contributed by atoms with van der Waals surface area (Å²) in [5, 5.41) is 9.01. The van der Waals surface area contributed by atoms with E-state index in [1.54, 1.807) is 0 Å². The Balaban J connectivity index is 0.00000225. The van der Waals surface area contributed by atoms with Crippen LogP contribution in [0.2, 0.25) is 0 Å². The molecule has 28 heavy (non-hydrogen) atoms. The van der Waals surface area contributed by atoms with Gasteiger partial charge in [-0.3, -0.25) is 4.21 Å². The van der Waals surface area contributed by atoms with Gasteiger partial charge < -0.3 is 9.80 Å². The van der Waals surface area contributed by atoms with Crippen LogP contribution in [0.1, 0.15) is 32.6 Å². The topological polar surface area (TPSA) is 49.3 Å². The third-order valence-corrected chi connectivity index (χ3v) is 6.99. The first-order chi connectivity index (χ1) is 13.2. The minimum atomic E-state index is -0.914. The van der Waals surface area contributed by atoms with E-state index in [4.69, 9.17) is 0 Å². The number of halogens is 1. The Morgan fingerprint density at radius 1 is 1.00 bits per heavy atom. The number of hydrogen-bond acceptors (Lipinski definition) is 5. The van der Waals surface area contributed by atoms with Crippen molar-refractivity contribution in [1.82, 2.24) is 15.1 Å². The van der Waals surface area contributed by atoms with Crippen LogP contribution in [0.25, 0.3) is 11.3 Å². The van der Waals surface area contributed by atoms with Gasteiger partial charge in [-0.05, 0) is 63.0 Å². The quantitative estimate of drug-likeness (QED) is 0.712. The predicted molar refractivity (Wildman–Crippen MR) is 118 cm³/mol. The van der Waals surface area contributed by atoms with Gasteiger partial charge >= 0.3 is 0 Å². The SMILES string of the molecule is CCS(=O)c1ccc(-c2ccc(N3CCC[C@H]3CN3CCCC3)nn2)cc1.Cl. The number of anilines is 1. The van der Waals surface area contributed by atoms with Crippen LogP contribution in [0.5, 0.6) is 0 Å². The summed E-state index contributed by atoms with van der Waals surface area (Å²) in [7, 11) is -0.914. The van der Waals surface area contributed by atoms with E-state index in [1.165, 1.54) is 38.8 Å². The predicted octanol–water partition coefficient (Wildman–Crippen LogP) is 3.76. The highest BCUT2D eigenvalue weighted by molar-refractivity contribution is 7.85. The first-order valence-electron chi connectivity index (χ1n) is 10.1. The van der Waals surface area contributed by atoms with Crippen molar-refractivity contribution in [3.05, 3.63) is 36.4 Å². The van der Waals surface area contributed by atoms with Crippen molar-refractivity contribution in [2.24, 2.45) is 0 Å². The van der Waals surface area contributed by atoms with Crippen molar-refractivity contribution in [2.75, 3.05) is 36.8 Å². The van der Waals surface area contributed by atoms with E-state index < -0.39 is 10.8 Å². The van der Waals surface area contributed by atoms with Gasteiger partial charge in [0.05, 0.1) is 16.5 Å². The number of benzene rings is 1. The van der Waals surface area contributed by atoms with Crippen LogP contribution in [-0.2, 0) is 10.8 Å². The molecular weight excluding hydrogens is 392 g/mol. The van der Waals surface area contributed by atoms with E-state index in [-0.39, 0.29) is 12.4 Å². The Kier molecular flexibility index (Phi) is 7.43. The molecular formula is C21H29ClN4OS. The number of hydrogen-bond donors (Lipinski definition) is 0. The second kappa shape index (κ2) is 9.81. The fourth-order valence-corrected chi connectivity index (χ4v) is 4.94. The minimum absolute atomic E-state index is 0. The van der Waals surface area contributed by atoms with Gasteiger partial charge in [-0.2, -0.15) is 0 Å². The van der Waals surface area contributed by atoms with Gasteiger partial charge in [0.15, 0.2) is 5.82 Å². The smallest absolute Gasteiger partial charge is 0.151 e. The van der Waals surface area contributed by atoms with Gasteiger partial charge in [-0.1, -0.05) is 19.1 Å². The van der Waals surface area contributed by atoms with Crippen LogP contribution < -0.4 is 4.90 Å². The molecule has 3 heterocycles. The molecule has 0 N–H and O–H groups in total. The molecule has 4 rings (SSSR count). The molecule has 2 aliphatic heterocycles. The van der Waals surface area contributed by atoms with E-state index in [1.807, 2.05) is 31.2 Å². The summed E-state index contributed by atoms with van der Waals surface area (Å²) in [5.74, 6) is 1.63. The van der Waals surface area contributed by atoms with Gasteiger partial charge in [0.1, 0.15) is 0 Å². The van der Waals surface area contributed by atoms with Crippen LogP contribution >= 0.6 is 12.4 Å². The largest absolute Gasteiger partial charge is 0.351 e. The molecule has 0 radical (unpaired) electrons. The third kappa shape index (κ3) is 4.73. The zero-order valence-corrected chi connectivity index (χ0v) is 18.1. The zero-order chi connectivity index (χ0) is 18.6. The number of aromatic nitrogens is 2. The molecule has 2 saturated heterocycles. The van der Waals surface area contributed by atoms with Gasteiger partial charge in [-0.15, -0.1) is 22.6 Å². The molecule has 1 aromatic carbocycles. The molecule has 1 aromatic heterocycles. The first kappa shape index (κ1) is 21.2. The molecule has 0 bridgehead atoms. The van der Waals surface area contributed by atoms with Crippen molar-refractivity contribution in [3.63, 3.8) is 0 Å². The lowest BCUT2D eigenvalue weighted by Crippen LogP contribution is -2.39. The number of nitrogens with zero attached hydrogens (tertiary/aromatic N) is 4. The van der Waals surface area contributed by atoms with Crippen LogP contribution in [0, 0.1) is 0 Å². The van der Waals surface area contributed by atoms with Crippen LogP contribution in [0.3, 0.4) is 0 Å². The second-order valence-electron chi connectivity index (χ2n) is 7.43. The van der Waals surface area contributed by atoms with Crippen molar-refractivity contribution in [3.8, 4) is 11.3 Å². The lowest BCUT2D eigenvalue weighted by Gasteiger charge is -2.29. The number of rotatable bonds is 6. The molecule has 2 atom stereocenters. The van der Waals surface area contributed by atoms with Crippen molar-refractivity contribution >= 4 is 29.0 Å². The molecule has 2 aliphatic rings. The molecule has 2 aromatic rings. The van der Waals surface area contributed by atoms with Crippen molar-refractivity contribution in [1.29, 1.82) is 0 Å². The Hall–Kier alpha value is -1.50. The van der Waals surface area contributed by atoms with E-state index in [2.05, 4.69) is 32.1 Å². The normalized spacial score (nSPS) is 20.9. The Morgan fingerprint density at radius 3 is 2.39 bits per heavy atom. The second-order valence-corrected chi connectivity index (χ2v) is 9.17. The summed E-state index contributed by atoms with van der Waals surface area (Å²) in [4.78, 5) is 5.89. The fourth-order valence-electron chi connectivity index (χ4n) is 4.17. The first-order valence-corrected chi connectivity index (χ1v) is 11.4. The summed E-state index contributed by atoms with van der Waals surface area (Å²) in [6.45, 7) is 6.65. The molecule has 0 spiro atoms. The lowest BCUT2D eigenvalue weighted by atomic mass is 10.1. The summed E-state index contributed by atoms with van der Waals surface area (Å²) in [5.41, 5.74) is 1.88. The van der Waals surface area contributed by atoms with Gasteiger partial charge in [0.2, 0.25) is 0 Å². The zero-order valence-electron chi connectivity index (χ0n) is 16.4. The van der Waals surface area contributed by atoms with E-state index in [0.29, 0.717) is 11.8 Å². The summed E-state index contributed by atoms with van der Waals surface area (Å²) in [6.07, 6.45) is 5.16. The highest BCUT2D eigenvalue weighted by atomic mass is 35.5. The van der Waals surface area contributed by atoms with Crippen LogP contribution in [-0.4, -0.2) is 57.3 Å². The van der Waals surface area contributed by atoms with Gasteiger partial charge in [0, 0.05) is 35.3 Å². The van der Waals surface area contributed by atoms with E-state index in [9.17, 15) is 4.21 Å². The maximum atomic E-state index is 11.9. The van der Waals surface area contributed by atoms with Crippen LogP contribution in [0.4, 0.5) is 5.82 Å². The molecule has 152 valence electrons. The molecule has 1 unspecified atom stereocenters. The van der Waals surface area contributed by atoms with Crippen LogP contribution in [0.15, 0.2) is 41.3 Å². The van der Waals surface area contributed by atoms with Crippen molar-refractivity contribution < 1.29 is 4.21 Å². The monoisotopic (exact) mass is 420 g/mol. The van der Waals surface area contributed by atoms with E-state index in [0.717, 1.165) is 35.1 Å². The molecule has 0 saturated carbocycles. The molecule has 0 aliphatic carbocycles. The molecule has 7 heteroatoms. The average Bonchev–Trinajstić information content (AvgIpc) is 3.40. The minimum Gasteiger partial charge on any atom is -0.351 e. The lowest BCUT2D eigenvalue weighted by molar-refractivity contribution is 0.313. The maximum Gasteiger partial charge on any atom is 0.151 e. The third-order valence-electron chi connectivity index (χ3n) is 5.66. The fraction of sp³-hybridized carbons (Fsp3) is 0.524.